The molecule has 0 atom stereocenters. The number of halogens is 1. The summed E-state index contributed by atoms with van der Waals surface area (Å²) < 4.78 is 5.10. The summed E-state index contributed by atoms with van der Waals surface area (Å²) in [6, 6.07) is 9.95. The topological polar surface area (TPSA) is 72.0 Å². The van der Waals surface area contributed by atoms with E-state index in [4.69, 9.17) is 16.3 Å². The Bertz CT molecular complexity index is 915. The Balaban J connectivity index is 1.95. The molecule has 148 valence electrons. The zero-order chi connectivity index (χ0) is 19.9. The molecule has 0 saturated carbocycles. The van der Waals surface area contributed by atoms with Crippen LogP contribution in [-0.4, -0.2) is 41.3 Å². The lowest BCUT2D eigenvalue weighted by atomic mass is 10.1. The molecule has 3 rings (SSSR count). The van der Waals surface area contributed by atoms with E-state index in [1.807, 2.05) is 36.5 Å². The summed E-state index contributed by atoms with van der Waals surface area (Å²) in [5, 5.41) is 8.14. The highest BCUT2D eigenvalue weighted by atomic mass is 35.5. The Hall–Kier alpha value is -2.22. The number of hydrogen-bond donors (Lipinski definition) is 2. The molecule has 0 aliphatic rings. The Morgan fingerprint density at radius 3 is 2.71 bits per heavy atom. The predicted molar refractivity (Wildman–Crippen MR) is 117 cm³/mol. The van der Waals surface area contributed by atoms with Crippen molar-refractivity contribution in [3.63, 3.8) is 0 Å². The fourth-order valence-corrected chi connectivity index (χ4v) is 3.74. The van der Waals surface area contributed by atoms with Crippen molar-refractivity contribution >= 4 is 34.0 Å². The lowest BCUT2D eigenvalue weighted by Crippen LogP contribution is -2.08. The molecule has 3 aromatic rings. The quantitative estimate of drug-likeness (QED) is 0.467. The number of thiazole rings is 1. The van der Waals surface area contributed by atoms with Gasteiger partial charge in [-0.25, -0.2) is 15.0 Å². The molecule has 2 aromatic heterocycles. The van der Waals surface area contributed by atoms with Gasteiger partial charge >= 0.3 is 0 Å². The second-order valence-corrected chi connectivity index (χ2v) is 7.98. The van der Waals surface area contributed by atoms with Gasteiger partial charge < -0.3 is 15.4 Å². The first-order chi connectivity index (χ1) is 13.6. The van der Waals surface area contributed by atoms with Crippen molar-refractivity contribution in [1.29, 1.82) is 0 Å². The monoisotopic (exact) mass is 417 g/mol. The van der Waals surface area contributed by atoms with Gasteiger partial charge in [-0.15, -0.1) is 0 Å². The van der Waals surface area contributed by atoms with Crippen LogP contribution >= 0.6 is 22.9 Å². The lowest BCUT2D eigenvalue weighted by Gasteiger charge is -2.10. The summed E-state index contributed by atoms with van der Waals surface area (Å²) in [7, 11) is 1.69. The van der Waals surface area contributed by atoms with Gasteiger partial charge in [0.1, 0.15) is 0 Å². The maximum atomic E-state index is 6.40. The van der Waals surface area contributed by atoms with Gasteiger partial charge in [0.2, 0.25) is 5.95 Å². The fraction of sp³-hybridized carbons (Fsp3) is 0.350. The van der Waals surface area contributed by atoms with Gasteiger partial charge in [0, 0.05) is 43.1 Å². The predicted octanol–water partition coefficient (Wildman–Crippen LogP) is 5.19. The van der Waals surface area contributed by atoms with Crippen LogP contribution < -0.4 is 10.6 Å². The number of anilines is 2. The van der Waals surface area contributed by atoms with Crippen LogP contribution in [0.3, 0.4) is 0 Å². The van der Waals surface area contributed by atoms with Gasteiger partial charge in [0.05, 0.1) is 16.3 Å². The molecule has 6 nitrogen and oxygen atoms in total. The molecule has 2 N–H and O–H groups in total. The van der Waals surface area contributed by atoms with Crippen LogP contribution in [0, 0.1) is 0 Å². The highest BCUT2D eigenvalue weighted by Crippen LogP contribution is 2.33. The maximum absolute atomic E-state index is 6.40. The molecule has 0 amide bonds. The minimum atomic E-state index is 0.320. The van der Waals surface area contributed by atoms with Crippen LogP contribution in [0.5, 0.6) is 0 Å². The van der Waals surface area contributed by atoms with Crippen molar-refractivity contribution in [3.05, 3.63) is 41.6 Å². The van der Waals surface area contributed by atoms with Crippen LogP contribution in [0.15, 0.2) is 36.5 Å². The van der Waals surface area contributed by atoms with E-state index in [9.17, 15) is 0 Å². The number of aromatic nitrogens is 3. The van der Waals surface area contributed by atoms with Gasteiger partial charge in [-0.2, -0.15) is 0 Å². The lowest BCUT2D eigenvalue weighted by molar-refractivity contribution is 0.197. The molecular weight excluding hydrogens is 394 g/mol. The normalized spacial score (nSPS) is 11.0. The molecule has 0 bridgehead atoms. The van der Waals surface area contributed by atoms with Crippen LogP contribution in [0.25, 0.3) is 21.8 Å². The average molecular weight is 418 g/mol. The SMILES string of the molecule is COCCCNc1nc(-c2cnc(NC(C)C)s2)cc(-c2ccccc2Cl)n1. The number of benzene rings is 1. The summed E-state index contributed by atoms with van der Waals surface area (Å²) in [5.74, 6) is 0.565. The zero-order valence-electron chi connectivity index (χ0n) is 16.2. The number of ether oxygens (including phenoxy) is 1. The molecule has 1 aromatic carbocycles. The minimum absolute atomic E-state index is 0.320. The Morgan fingerprint density at radius 1 is 1.18 bits per heavy atom. The summed E-state index contributed by atoms with van der Waals surface area (Å²) in [6.07, 6.45) is 2.71. The smallest absolute Gasteiger partial charge is 0.223 e. The standard InChI is InChI=1S/C20H24ClN5OS/c1-13(2)24-20-23-12-18(28-20)17-11-16(14-7-4-5-8-15(14)21)25-19(26-17)22-9-6-10-27-3/h4-5,7-8,11-13H,6,9-10H2,1-3H3,(H,23,24)(H,22,25,26). The first kappa shape index (κ1) is 20.5. The minimum Gasteiger partial charge on any atom is -0.385 e. The molecular formula is C20H24ClN5OS. The van der Waals surface area contributed by atoms with Gasteiger partial charge in [-0.1, -0.05) is 41.1 Å². The first-order valence-electron chi connectivity index (χ1n) is 9.16. The van der Waals surface area contributed by atoms with Crippen LogP contribution in [0.1, 0.15) is 20.3 Å². The Labute approximate surface area is 174 Å². The van der Waals surface area contributed by atoms with Crippen molar-refractivity contribution in [1.82, 2.24) is 15.0 Å². The summed E-state index contributed by atoms with van der Waals surface area (Å²) in [6.45, 7) is 5.58. The van der Waals surface area contributed by atoms with E-state index in [2.05, 4.69) is 39.4 Å². The molecule has 0 saturated heterocycles. The summed E-state index contributed by atoms with van der Waals surface area (Å²) in [5.41, 5.74) is 2.46. The van der Waals surface area contributed by atoms with E-state index in [0.717, 1.165) is 39.9 Å². The number of nitrogens with zero attached hydrogens (tertiary/aromatic N) is 3. The zero-order valence-corrected chi connectivity index (χ0v) is 17.8. The summed E-state index contributed by atoms with van der Waals surface area (Å²) in [4.78, 5) is 14.8. The van der Waals surface area contributed by atoms with Gasteiger partial charge in [-0.3, -0.25) is 0 Å². The third kappa shape index (κ3) is 5.41. The Kier molecular flexibility index (Phi) is 7.19. The number of nitrogens with one attached hydrogen (secondary N) is 2. The van der Waals surface area contributed by atoms with Gasteiger partial charge in [-0.05, 0) is 32.4 Å². The first-order valence-corrected chi connectivity index (χ1v) is 10.4. The third-order valence-corrected chi connectivity index (χ3v) is 5.14. The van der Waals surface area contributed by atoms with Gasteiger partial charge in [0.15, 0.2) is 5.13 Å². The summed E-state index contributed by atoms with van der Waals surface area (Å²) >= 11 is 7.97. The highest BCUT2D eigenvalue weighted by molar-refractivity contribution is 7.18. The molecule has 8 heteroatoms. The molecule has 0 unspecified atom stereocenters. The third-order valence-electron chi connectivity index (χ3n) is 3.85. The molecule has 28 heavy (non-hydrogen) atoms. The van der Waals surface area contributed by atoms with E-state index in [0.29, 0.717) is 23.6 Å². The highest BCUT2D eigenvalue weighted by Gasteiger charge is 2.13. The van der Waals surface area contributed by atoms with Crippen molar-refractivity contribution in [2.24, 2.45) is 0 Å². The molecule has 0 aliphatic carbocycles. The maximum Gasteiger partial charge on any atom is 0.223 e. The largest absolute Gasteiger partial charge is 0.385 e. The number of methoxy groups -OCH3 is 1. The second-order valence-electron chi connectivity index (χ2n) is 6.54. The van der Waals surface area contributed by atoms with E-state index in [-0.39, 0.29) is 0 Å². The van der Waals surface area contributed by atoms with E-state index in [1.165, 1.54) is 0 Å². The van der Waals surface area contributed by atoms with Crippen LogP contribution in [0.4, 0.5) is 11.1 Å². The average Bonchev–Trinajstić information content (AvgIpc) is 3.13. The number of rotatable bonds is 9. The molecule has 0 spiro atoms. The van der Waals surface area contributed by atoms with E-state index < -0.39 is 0 Å². The molecule has 0 aliphatic heterocycles. The second kappa shape index (κ2) is 9.82. The number of hydrogen-bond acceptors (Lipinski definition) is 7. The van der Waals surface area contributed by atoms with Crippen molar-refractivity contribution in [3.8, 4) is 21.8 Å². The fourth-order valence-electron chi connectivity index (χ4n) is 2.58. The van der Waals surface area contributed by atoms with Crippen molar-refractivity contribution in [2.75, 3.05) is 30.9 Å². The molecule has 0 radical (unpaired) electrons. The van der Waals surface area contributed by atoms with Gasteiger partial charge in [0.25, 0.3) is 0 Å². The van der Waals surface area contributed by atoms with Crippen LogP contribution in [0.2, 0.25) is 5.02 Å². The van der Waals surface area contributed by atoms with Crippen LogP contribution in [-0.2, 0) is 4.74 Å². The molecule has 0 fully saturated rings. The van der Waals surface area contributed by atoms with Crippen molar-refractivity contribution < 1.29 is 4.74 Å². The van der Waals surface area contributed by atoms with E-state index >= 15 is 0 Å². The van der Waals surface area contributed by atoms with E-state index in [1.54, 1.807) is 18.4 Å². The van der Waals surface area contributed by atoms with Crippen molar-refractivity contribution in [2.45, 2.75) is 26.3 Å². The molecule has 2 heterocycles. The Morgan fingerprint density at radius 2 is 1.96 bits per heavy atom.